The van der Waals surface area contributed by atoms with E-state index < -0.39 is 0 Å². The number of aliphatic hydroxyl groups excluding tert-OH is 1. The van der Waals surface area contributed by atoms with Gasteiger partial charge in [-0.1, -0.05) is 27.7 Å². The van der Waals surface area contributed by atoms with Crippen LogP contribution in [0.25, 0.3) is 0 Å². The first-order valence-corrected chi connectivity index (χ1v) is 6.95. The molecule has 0 aliphatic carbocycles. The molecule has 0 bridgehead atoms. The van der Waals surface area contributed by atoms with Crippen LogP contribution in [0.15, 0.2) is 0 Å². The molecule has 0 aromatic heterocycles. The molecule has 3 heteroatoms. The topological polar surface area (TPSA) is 32.3 Å². The molecule has 0 saturated carbocycles. The van der Waals surface area contributed by atoms with E-state index in [0.717, 1.165) is 6.54 Å². The van der Waals surface area contributed by atoms with Gasteiger partial charge in [-0.3, -0.25) is 0 Å². The van der Waals surface area contributed by atoms with Gasteiger partial charge in [-0.25, -0.2) is 0 Å². The maximum absolute atomic E-state index is 9.21. The van der Waals surface area contributed by atoms with Gasteiger partial charge in [0.25, 0.3) is 0 Å². The lowest BCUT2D eigenvalue weighted by Gasteiger charge is -2.40. The SMILES string of the molecule is CC(C)(CO)CNC1CSCCC1(C)C. The van der Waals surface area contributed by atoms with Crippen LogP contribution in [0.5, 0.6) is 0 Å². The first-order chi connectivity index (χ1) is 6.87. The maximum atomic E-state index is 9.21. The minimum Gasteiger partial charge on any atom is -0.396 e. The van der Waals surface area contributed by atoms with Gasteiger partial charge >= 0.3 is 0 Å². The molecule has 1 saturated heterocycles. The molecule has 2 nitrogen and oxygen atoms in total. The van der Waals surface area contributed by atoms with Crippen molar-refractivity contribution in [3.05, 3.63) is 0 Å². The van der Waals surface area contributed by atoms with Crippen LogP contribution in [0, 0.1) is 10.8 Å². The summed E-state index contributed by atoms with van der Waals surface area (Å²) in [5, 5.41) is 12.8. The summed E-state index contributed by atoms with van der Waals surface area (Å²) in [7, 11) is 0. The molecule has 90 valence electrons. The second-order valence-electron chi connectivity index (χ2n) is 6.07. The standard InChI is InChI=1S/C12H25NOS/c1-11(2,9-14)8-13-10-7-15-6-5-12(10,3)4/h10,13-14H,5-9H2,1-4H3. The van der Waals surface area contributed by atoms with Gasteiger partial charge < -0.3 is 10.4 Å². The number of thioether (sulfide) groups is 1. The van der Waals surface area contributed by atoms with E-state index in [4.69, 9.17) is 0 Å². The van der Waals surface area contributed by atoms with Crippen molar-refractivity contribution in [1.82, 2.24) is 5.32 Å². The highest BCUT2D eigenvalue weighted by atomic mass is 32.2. The van der Waals surface area contributed by atoms with Crippen LogP contribution in [-0.2, 0) is 0 Å². The van der Waals surface area contributed by atoms with Crippen molar-refractivity contribution in [3.63, 3.8) is 0 Å². The van der Waals surface area contributed by atoms with Crippen molar-refractivity contribution in [2.24, 2.45) is 10.8 Å². The second-order valence-corrected chi connectivity index (χ2v) is 7.22. The molecule has 1 aliphatic heterocycles. The van der Waals surface area contributed by atoms with Crippen molar-refractivity contribution in [1.29, 1.82) is 0 Å². The van der Waals surface area contributed by atoms with Crippen molar-refractivity contribution in [3.8, 4) is 0 Å². The van der Waals surface area contributed by atoms with E-state index in [9.17, 15) is 5.11 Å². The number of rotatable bonds is 4. The van der Waals surface area contributed by atoms with Crippen LogP contribution < -0.4 is 5.32 Å². The molecule has 1 heterocycles. The number of hydrogen-bond acceptors (Lipinski definition) is 3. The first kappa shape index (κ1) is 13.3. The summed E-state index contributed by atoms with van der Waals surface area (Å²) in [5.74, 6) is 2.49. The summed E-state index contributed by atoms with van der Waals surface area (Å²) in [4.78, 5) is 0. The van der Waals surface area contributed by atoms with Crippen LogP contribution >= 0.6 is 11.8 Å². The Morgan fingerprint density at radius 1 is 1.47 bits per heavy atom. The Balaban J connectivity index is 2.43. The average Bonchev–Trinajstić information content (AvgIpc) is 2.16. The third kappa shape index (κ3) is 3.97. The van der Waals surface area contributed by atoms with Crippen LogP contribution in [0.3, 0.4) is 0 Å². The Bertz CT molecular complexity index is 204. The van der Waals surface area contributed by atoms with Gasteiger partial charge in [-0.2, -0.15) is 11.8 Å². The van der Waals surface area contributed by atoms with Gasteiger partial charge in [0.1, 0.15) is 0 Å². The number of nitrogens with one attached hydrogen (secondary N) is 1. The molecular formula is C12H25NOS. The van der Waals surface area contributed by atoms with E-state index in [-0.39, 0.29) is 12.0 Å². The second kappa shape index (κ2) is 5.07. The largest absolute Gasteiger partial charge is 0.396 e. The van der Waals surface area contributed by atoms with E-state index in [2.05, 4.69) is 33.0 Å². The molecule has 0 aromatic carbocycles. The summed E-state index contributed by atoms with van der Waals surface area (Å²) in [6, 6.07) is 0.585. The summed E-state index contributed by atoms with van der Waals surface area (Å²) in [6.45, 7) is 10.0. The van der Waals surface area contributed by atoms with E-state index in [1.165, 1.54) is 17.9 Å². The Kier molecular flexibility index (Phi) is 4.50. The van der Waals surface area contributed by atoms with Crippen molar-refractivity contribution in [2.75, 3.05) is 24.7 Å². The lowest BCUT2D eigenvalue weighted by molar-refractivity contribution is 0.140. The molecule has 1 unspecified atom stereocenters. The zero-order chi connectivity index (χ0) is 11.5. The highest BCUT2D eigenvalue weighted by molar-refractivity contribution is 7.99. The third-order valence-corrected chi connectivity index (χ3v) is 4.44. The zero-order valence-electron chi connectivity index (χ0n) is 10.5. The minimum absolute atomic E-state index is 0.00179. The molecule has 0 amide bonds. The Hall–Kier alpha value is 0.270. The van der Waals surface area contributed by atoms with Gasteiger partial charge in [0.15, 0.2) is 0 Å². The number of hydrogen-bond donors (Lipinski definition) is 2. The smallest absolute Gasteiger partial charge is 0.0494 e. The lowest BCUT2D eigenvalue weighted by atomic mass is 9.81. The van der Waals surface area contributed by atoms with Crippen molar-refractivity contribution >= 4 is 11.8 Å². The maximum Gasteiger partial charge on any atom is 0.0494 e. The van der Waals surface area contributed by atoms with Gasteiger partial charge in [0.2, 0.25) is 0 Å². The molecule has 0 aromatic rings. The van der Waals surface area contributed by atoms with Gasteiger partial charge in [0.05, 0.1) is 0 Å². The summed E-state index contributed by atoms with van der Waals surface area (Å²) < 4.78 is 0. The molecule has 1 aliphatic rings. The van der Waals surface area contributed by atoms with E-state index in [1.54, 1.807) is 0 Å². The van der Waals surface area contributed by atoms with Crippen LogP contribution in [0.2, 0.25) is 0 Å². The van der Waals surface area contributed by atoms with Crippen LogP contribution in [-0.4, -0.2) is 35.8 Å². The Morgan fingerprint density at radius 3 is 2.67 bits per heavy atom. The molecule has 0 radical (unpaired) electrons. The molecule has 1 atom stereocenters. The fourth-order valence-electron chi connectivity index (χ4n) is 1.73. The highest BCUT2D eigenvalue weighted by Gasteiger charge is 2.33. The first-order valence-electron chi connectivity index (χ1n) is 5.79. The average molecular weight is 231 g/mol. The molecule has 0 spiro atoms. The summed E-state index contributed by atoms with van der Waals surface area (Å²) in [5.41, 5.74) is 0.398. The Labute approximate surface area is 98.2 Å². The lowest BCUT2D eigenvalue weighted by Crippen LogP contribution is -2.49. The summed E-state index contributed by atoms with van der Waals surface area (Å²) in [6.07, 6.45) is 1.29. The molecule has 2 N–H and O–H groups in total. The van der Waals surface area contributed by atoms with E-state index in [1.807, 2.05) is 11.8 Å². The fourth-order valence-corrected chi connectivity index (χ4v) is 3.37. The van der Waals surface area contributed by atoms with Crippen LogP contribution in [0.1, 0.15) is 34.1 Å². The third-order valence-electron chi connectivity index (χ3n) is 3.37. The monoisotopic (exact) mass is 231 g/mol. The highest BCUT2D eigenvalue weighted by Crippen LogP contribution is 2.34. The van der Waals surface area contributed by atoms with Crippen molar-refractivity contribution < 1.29 is 5.11 Å². The zero-order valence-corrected chi connectivity index (χ0v) is 11.3. The molecular weight excluding hydrogens is 206 g/mol. The van der Waals surface area contributed by atoms with Gasteiger partial charge in [0, 0.05) is 30.4 Å². The Morgan fingerprint density at radius 2 is 2.13 bits per heavy atom. The fraction of sp³-hybridized carbons (Fsp3) is 1.00. The van der Waals surface area contributed by atoms with Gasteiger partial charge in [-0.05, 0) is 17.6 Å². The van der Waals surface area contributed by atoms with Gasteiger partial charge in [-0.15, -0.1) is 0 Å². The normalized spacial score (nSPS) is 26.6. The van der Waals surface area contributed by atoms with Crippen molar-refractivity contribution in [2.45, 2.75) is 40.2 Å². The quantitative estimate of drug-likeness (QED) is 0.777. The number of aliphatic hydroxyl groups is 1. The van der Waals surface area contributed by atoms with E-state index in [0.29, 0.717) is 11.5 Å². The molecule has 1 rings (SSSR count). The molecule has 15 heavy (non-hydrogen) atoms. The van der Waals surface area contributed by atoms with E-state index >= 15 is 0 Å². The van der Waals surface area contributed by atoms with Crippen LogP contribution in [0.4, 0.5) is 0 Å². The minimum atomic E-state index is -0.00179. The molecule has 1 fully saturated rings. The predicted octanol–water partition coefficient (Wildman–Crippen LogP) is 2.13. The summed E-state index contributed by atoms with van der Waals surface area (Å²) >= 11 is 2.04. The predicted molar refractivity (Wildman–Crippen MR) is 68.4 cm³/mol.